The van der Waals surface area contributed by atoms with Gasteiger partial charge in [0.1, 0.15) is 12.1 Å². The lowest BCUT2D eigenvalue weighted by atomic mass is 9.92. The Morgan fingerprint density at radius 2 is 1.89 bits per heavy atom. The van der Waals surface area contributed by atoms with E-state index in [-0.39, 0.29) is 30.7 Å². The van der Waals surface area contributed by atoms with Crippen LogP contribution in [0, 0.1) is 5.82 Å². The molecule has 0 atom stereocenters. The molecule has 0 amide bonds. The van der Waals surface area contributed by atoms with Crippen LogP contribution in [0.4, 0.5) is 4.39 Å². The molecule has 5 aromatic rings. The fourth-order valence-corrected chi connectivity index (χ4v) is 6.24. The van der Waals surface area contributed by atoms with Crippen molar-refractivity contribution in [3.05, 3.63) is 81.8 Å². The van der Waals surface area contributed by atoms with Crippen LogP contribution in [0.15, 0.2) is 53.6 Å². The third kappa shape index (κ3) is 6.57. The van der Waals surface area contributed by atoms with E-state index in [2.05, 4.69) is 37.6 Å². The zero-order valence-corrected chi connectivity index (χ0v) is 25.9. The quantitative estimate of drug-likeness (QED) is 0.210. The summed E-state index contributed by atoms with van der Waals surface area (Å²) in [6.07, 6.45) is 7.09. The largest absolute Gasteiger partial charge is 0.388 e. The minimum absolute atomic E-state index is 0.0265. The molecular formula is C33H39FN8O3. The molecule has 236 valence electrons. The first-order valence-corrected chi connectivity index (χ1v) is 15.7. The number of hydrogen-bond acceptors (Lipinski definition) is 8. The van der Waals surface area contributed by atoms with Crippen molar-refractivity contribution >= 4 is 5.78 Å². The van der Waals surface area contributed by atoms with E-state index in [1.54, 1.807) is 29.0 Å². The Balaban J connectivity index is 1.34. The summed E-state index contributed by atoms with van der Waals surface area (Å²) < 4.78 is 25.4. The van der Waals surface area contributed by atoms with Gasteiger partial charge in [-0.1, -0.05) is 49.7 Å². The third-order valence-electron chi connectivity index (χ3n) is 8.53. The molecule has 3 heterocycles. The Hall–Kier alpha value is -4.29. The third-order valence-corrected chi connectivity index (χ3v) is 8.53. The van der Waals surface area contributed by atoms with Crippen LogP contribution in [0.25, 0.3) is 28.3 Å². The van der Waals surface area contributed by atoms with Crippen molar-refractivity contribution in [1.29, 1.82) is 0 Å². The number of nitrogens with zero attached hydrogens (tertiary/aromatic N) is 7. The predicted molar refractivity (Wildman–Crippen MR) is 167 cm³/mol. The van der Waals surface area contributed by atoms with E-state index < -0.39 is 11.4 Å². The molecule has 0 bridgehead atoms. The number of aliphatic hydroxyl groups is 1. The molecule has 1 aliphatic rings. The van der Waals surface area contributed by atoms with Gasteiger partial charge in [-0.3, -0.25) is 9.36 Å². The molecule has 1 saturated carbocycles. The molecule has 0 unspecified atom stereocenters. The topological polar surface area (TPSA) is 136 Å². The maximum absolute atomic E-state index is 15.9. The van der Waals surface area contributed by atoms with Gasteiger partial charge < -0.3 is 9.84 Å². The van der Waals surface area contributed by atoms with Gasteiger partial charge in [0.15, 0.2) is 5.82 Å². The minimum Gasteiger partial charge on any atom is -0.388 e. The molecule has 45 heavy (non-hydrogen) atoms. The lowest BCUT2D eigenvalue weighted by molar-refractivity contribution is -0.0654. The Bertz CT molecular complexity index is 1820. The monoisotopic (exact) mass is 614 g/mol. The van der Waals surface area contributed by atoms with Gasteiger partial charge in [-0.25, -0.2) is 14.0 Å². The highest BCUT2D eigenvalue weighted by Crippen LogP contribution is 2.33. The second-order valence-electron chi connectivity index (χ2n) is 12.5. The Morgan fingerprint density at radius 3 is 2.58 bits per heavy atom. The van der Waals surface area contributed by atoms with E-state index in [4.69, 9.17) is 4.74 Å². The van der Waals surface area contributed by atoms with E-state index in [1.807, 2.05) is 30.3 Å². The summed E-state index contributed by atoms with van der Waals surface area (Å²) in [4.78, 5) is 18.9. The first-order valence-electron chi connectivity index (χ1n) is 15.7. The van der Waals surface area contributed by atoms with Crippen molar-refractivity contribution in [2.24, 2.45) is 0 Å². The summed E-state index contributed by atoms with van der Waals surface area (Å²) in [5, 5.41) is 28.8. The van der Waals surface area contributed by atoms with Crippen molar-refractivity contribution < 1.29 is 14.2 Å². The number of fused-ring (bicyclic) bond motifs is 1. The number of aromatic nitrogens is 8. The van der Waals surface area contributed by atoms with Crippen LogP contribution in [0.1, 0.15) is 82.2 Å². The highest BCUT2D eigenvalue weighted by atomic mass is 19.1. The summed E-state index contributed by atoms with van der Waals surface area (Å²) in [5.74, 6) is 0.619. The molecule has 12 heteroatoms. The van der Waals surface area contributed by atoms with Crippen molar-refractivity contribution in [1.82, 2.24) is 39.8 Å². The van der Waals surface area contributed by atoms with Gasteiger partial charge in [0.25, 0.3) is 5.56 Å². The Kier molecular flexibility index (Phi) is 8.86. The lowest BCUT2D eigenvalue weighted by Gasteiger charge is -2.32. The fourth-order valence-electron chi connectivity index (χ4n) is 6.24. The first-order chi connectivity index (χ1) is 21.7. The standard InChI is InChI=1S/C33H39FN8O3/c1-4-5-10-29-27(17-22-12-11-21(18-28(22)34)25-8-6-7-9-26(25)30-37-39-40-38-30)31(43)41(32-35-20-36-42(29)32)23-13-15-24(16-14-23)45-19-33(2,3)44/h6-9,11-12,18,20,23-24,44H,4-5,10,13-17,19H2,1-3H3,(H,37,38,39,40). The van der Waals surface area contributed by atoms with Gasteiger partial charge in [0.05, 0.1) is 24.0 Å². The zero-order chi connectivity index (χ0) is 31.6. The molecule has 0 spiro atoms. The van der Waals surface area contributed by atoms with E-state index in [0.717, 1.165) is 55.3 Å². The molecule has 2 N–H and O–H groups in total. The fraction of sp³-hybridized carbons (Fsp3) is 0.455. The summed E-state index contributed by atoms with van der Waals surface area (Å²) in [6, 6.07) is 12.6. The van der Waals surface area contributed by atoms with Gasteiger partial charge >= 0.3 is 0 Å². The summed E-state index contributed by atoms with van der Waals surface area (Å²) in [7, 11) is 0. The summed E-state index contributed by atoms with van der Waals surface area (Å²) in [5.41, 5.74) is 2.95. The molecule has 1 aliphatic carbocycles. The van der Waals surface area contributed by atoms with Crippen molar-refractivity contribution in [3.63, 3.8) is 0 Å². The number of halogens is 1. The normalized spacial score (nSPS) is 17.3. The number of unbranched alkanes of at least 4 members (excludes halogenated alkanes) is 1. The second kappa shape index (κ2) is 13.0. The Labute approximate surface area is 260 Å². The van der Waals surface area contributed by atoms with Gasteiger partial charge in [-0.05, 0) is 85.6 Å². The van der Waals surface area contributed by atoms with E-state index in [1.165, 1.54) is 12.4 Å². The van der Waals surface area contributed by atoms with Crippen LogP contribution in [0.3, 0.4) is 0 Å². The predicted octanol–water partition coefficient (Wildman–Crippen LogP) is 5.08. The highest BCUT2D eigenvalue weighted by molar-refractivity contribution is 5.80. The van der Waals surface area contributed by atoms with Crippen LogP contribution < -0.4 is 5.56 Å². The number of nitrogens with one attached hydrogen (secondary N) is 1. The van der Waals surface area contributed by atoms with Crippen LogP contribution in [0.5, 0.6) is 0 Å². The SMILES string of the molecule is CCCCc1c(Cc2ccc(-c3ccccc3-c3nnn[nH]3)cc2F)c(=O)n(C2CCC(OCC(C)(C)O)CC2)c2ncnn12. The van der Waals surface area contributed by atoms with Gasteiger partial charge in [-0.15, -0.1) is 5.10 Å². The molecule has 0 aliphatic heterocycles. The molecular weight excluding hydrogens is 575 g/mol. The number of aryl methyl sites for hydroxylation is 1. The number of hydrogen-bond donors (Lipinski definition) is 2. The van der Waals surface area contributed by atoms with Gasteiger partial charge in [0.2, 0.25) is 5.78 Å². The van der Waals surface area contributed by atoms with Crippen LogP contribution in [0.2, 0.25) is 0 Å². The average Bonchev–Trinajstić information content (AvgIpc) is 3.74. The Morgan fingerprint density at radius 1 is 1.11 bits per heavy atom. The smallest absolute Gasteiger partial charge is 0.259 e. The lowest BCUT2D eigenvalue weighted by Crippen LogP contribution is -2.36. The number of rotatable bonds is 11. The first kappa shape index (κ1) is 30.7. The van der Waals surface area contributed by atoms with E-state index in [0.29, 0.717) is 34.7 Å². The molecule has 11 nitrogen and oxygen atoms in total. The van der Waals surface area contributed by atoms with Crippen molar-refractivity contribution in [2.75, 3.05) is 6.61 Å². The van der Waals surface area contributed by atoms with Crippen molar-refractivity contribution in [2.45, 2.75) is 89.9 Å². The second-order valence-corrected chi connectivity index (χ2v) is 12.5. The maximum Gasteiger partial charge on any atom is 0.259 e. The zero-order valence-electron chi connectivity index (χ0n) is 25.9. The average molecular weight is 615 g/mol. The highest BCUT2D eigenvalue weighted by Gasteiger charge is 2.29. The number of benzene rings is 2. The van der Waals surface area contributed by atoms with E-state index in [9.17, 15) is 9.90 Å². The molecule has 2 aromatic carbocycles. The number of ether oxygens (including phenoxy) is 1. The van der Waals surface area contributed by atoms with Crippen LogP contribution in [-0.4, -0.2) is 63.2 Å². The number of H-pyrrole nitrogens is 1. The number of aromatic amines is 1. The van der Waals surface area contributed by atoms with Crippen molar-refractivity contribution in [3.8, 4) is 22.5 Å². The molecule has 1 fully saturated rings. The molecule has 0 radical (unpaired) electrons. The van der Waals surface area contributed by atoms with Crippen LogP contribution in [-0.2, 0) is 17.6 Å². The number of tetrazole rings is 1. The minimum atomic E-state index is -0.893. The van der Waals surface area contributed by atoms with Gasteiger partial charge in [0, 0.05) is 23.6 Å². The molecule has 6 rings (SSSR count). The summed E-state index contributed by atoms with van der Waals surface area (Å²) >= 11 is 0. The maximum atomic E-state index is 15.9. The summed E-state index contributed by atoms with van der Waals surface area (Å²) in [6.45, 7) is 5.82. The van der Waals surface area contributed by atoms with Gasteiger partial charge in [-0.2, -0.15) is 10.1 Å². The van der Waals surface area contributed by atoms with E-state index >= 15 is 4.39 Å². The molecule has 3 aromatic heterocycles. The molecule has 0 saturated heterocycles. The van der Waals surface area contributed by atoms with Crippen LogP contribution >= 0.6 is 0 Å².